The topological polar surface area (TPSA) is 79.4 Å². The van der Waals surface area contributed by atoms with Gasteiger partial charge in [-0.3, -0.25) is 14.6 Å². The molecule has 0 unspecified atom stereocenters. The summed E-state index contributed by atoms with van der Waals surface area (Å²) in [5.74, 6) is -1.20. The lowest BCUT2D eigenvalue weighted by Gasteiger charge is -2.09. The van der Waals surface area contributed by atoms with E-state index in [0.29, 0.717) is 4.90 Å². The second-order valence-corrected chi connectivity index (χ2v) is 2.93. The van der Waals surface area contributed by atoms with Crippen LogP contribution in [0.2, 0.25) is 0 Å². The summed E-state index contributed by atoms with van der Waals surface area (Å²) in [6.07, 6.45) is 2.81. The third kappa shape index (κ3) is 1.56. The number of urea groups is 1. The largest absolute Gasteiger partial charge is 0.331 e. The van der Waals surface area contributed by atoms with Crippen LogP contribution >= 0.6 is 0 Å². The highest BCUT2D eigenvalue weighted by atomic mass is 16.2. The van der Waals surface area contributed by atoms with E-state index >= 15 is 0 Å². The maximum atomic E-state index is 11.7. The molecule has 6 nitrogen and oxygen atoms in total. The highest BCUT2D eigenvalue weighted by molar-refractivity contribution is 6.19. The van der Waals surface area contributed by atoms with E-state index in [2.05, 4.69) is 10.3 Å². The Bertz CT molecular complexity index is 413. The van der Waals surface area contributed by atoms with Crippen molar-refractivity contribution in [2.75, 3.05) is 6.54 Å². The highest BCUT2D eigenvalue weighted by Crippen LogP contribution is 2.07. The zero-order chi connectivity index (χ0) is 10.8. The Morgan fingerprint density at radius 2 is 2.27 bits per heavy atom. The second-order valence-electron chi connectivity index (χ2n) is 2.93. The van der Waals surface area contributed by atoms with E-state index in [1.807, 2.05) is 0 Å². The molecule has 0 bridgehead atoms. The third-order valence-corrected chi connectivity index (χ3v) is 1.95. The molecule has 2 heterocycles. The van der Waals surface area contributed by atoms with Crippen LogP contribution in [-0.4, -0.2) is 34.3 Å². The first-order chi connectivity index (χ1) is 7.20. The van der Waals surface area contributed by atoms with E-state index in [4.69, 9.17) is 0 Å². The van der Waals surface area contributed by atoms with Crippen LogP contribution in [0.25, 0.3) is 0 Å². The number of carbonyl (C=O) groups is 3. The number of nitrogens with one attached hydrogen (secondary N) is 1. The molecule has 2 rings (SSSR count). The zero-order valence-electron chi connectivity index (χ0n) is 7.64. The van der Waals surface area contributed by atoms with E-state index < -0.39 is 17.8 Å². The van der Waals surface area contributed by atoms with Crippen molar-refractivity contribution < 1.29 is 14.4 Å². The molecule has 1 aliphatic rings. The number of pyridine rings is 1. The molecule has 1 N–H and O–H groups in total. The minimum Gasteiger partial charge on any atom is -0.328 e. The first-order valence-corrected chi connectivity index (χ1v) is 4.25. The average molecular weight is 205 g/mol. The van der Waals surface area contributed by atoms with Crippen LogP contribution in [-0.2, 0) is 4.79 Å². The Morgan fingerprint density at radius 1 is 1.47 bits per heavy atom. The molecule has 0 atom stereocenters. The number of amides is 4. The average Bonchev–Trinajstić information content (AvgIpc) is 2.59. The molecule has 1 fully saturated rings. The Labute approximate surface area is 84.9 Å². The SMILES string of the molecule is O=C1CNC(=O)N1C(=O)c1cccnc1. The van der Waals surface area contributed by atoms with Gasteiger partial charge in [0, 0.05) is 12.4 Å². The van der Waals surface area contributed by atoms with Crippen LogP contribution in [0.15, 0.2) is 24.5 Å². The molecule has 1 aromatic heterocycles. The van der Waals surface area contributed by atoms with Crippen molar-refractivity contribution in [1.29, 1.82) is 0 Å². The summed E-state index contributed by atoms with van der Waals surface area (Å²) in [5, 5.41) is 2.27. The zero-order valence-corrected chi connectivity index (χ0v) is 7.64. The van der Waals surface area contributed by atoms with Gasteiger partial charge >= 0.3 is 6.03 Å². The highest BCUT2D eigenvalue weighted by Gasteiger charge is 2.34. The number of carbonyl (C=O) groups excluding carboxylic acids is 3. The van der Waals surface area contributed by atoms with Crippen LogP contribution in [0.5, 0.6) is 0 Å². The molecule has 6 heteroatoms. The number of nitrogens with zero attached hydrogens (tertiary/aromatic N) is 2. The molecular weight excluding hydrogens is 198 g/mol. The lowest BCUT2D eigenvalue weighted by molar-refractivity contribution is -0.123. The van der Waals surface area contributed by atoms with Crippen molar-refractivity contribution in [1.82, 2.24) is 15.2 Å². The van der Waals surface area contributed by atoms with E-state index in [9.17, 15) is 14.4 Å². The quantitative estimate of drug-likeness (QED) is 0.507. The number of hydrogen-bond acceptors (Lipinski definition) is 4. The monoisotopic (exact) mass is 205 g/mol. The summed E-state index contributed by atoms with van der Waals surface area (Å²) in [6.45, 7) is -0.134. The van der Waals surface area contributed by atoms with E-state index in [1.54, 1.807) is 6.07 Å². The molecule has 1 aliphatic heterocycles. The van der Waals surface area contributed by atoms with Crippen molar-refractivity contribution >= 4 is 17.8 Å². The van der Waals surface area contributed by atoms with Gasteiger partial charge in [-0.05, 0) is 12.1 Å². The fraction of sp³-hybridized carbons (Fsp3) is 0.111. The predicted molar refractivity (Wildman–Crippen MR) is 48.8 cm³/mol. The lowest BCUT2D eigenvalue weighted by atomic mass is 10.2. The van der Waals surface area contributed by atoms with E-state index in [-0.39, 0.29) is 12.1 Å². The number of rotatable bonds is 1. The van der Waals surface area contributed by atoms with Gasteiger partial charge in [-0.25, -0.2) is 4.79 Å². The summed E-state index contributed by atoms with van der Waals surface area (Å²) in [7, 11) is 0. The maximum Gasteiger partial charge on any atom is 0.331 e. The molecule has 0 aliphatic carbocycles. The van der Waals surface area contributed by atoms with Crippen LogP contribution < -0.4 is 5.32 Å². The van der Waals surface area contributed by atoms with Crippen molar-refractivity contribution in [2.24, 2.45) is 0 Å². The minimum atomic E-state index is -0.686. The van der Waals surface area contributed by atoms with Gasteiger partial charge in [0.2, 0.25) is 0 Å². The first-order valence-electron chi connectivity index (χ1n) is 4.25. The van der Waals surface area contributed by atoms with Gasteiger partial charge in [0.25, 0.3) is 11.8 Å². The summed E-state index contributed by atoms with van der Waals surface area (Å²) >= 11 is 0. The van der Waals surface area contributed by atoms with Crippen molar-refractivity contribution in [3.8, 4) is 0 Å². The normalized spacial score (nSPS) is 15.3. The van der Waals surface area contributed by atoms with Crippen molar-refractivity contribution in [3.05, 3.63) is 30.1 Å². The van der Waals surface area contributed by atoms with Crippen LogP contribution in [0.3, 0.4) is 0 Å². The molecule has 76 valence electrons. The standard InChI is InChI=1S/C9H7N3O3/c13-7-5-11-9(15)12(7)8(14)6-2-1-3-10-4-6/h1-4H,5H2,(H,11,15). The number of hydrogen-bond donors (Lipinski definition) is 1. The van der Waals surface area contributed by atoms with E-state index in [1.165, 1.54) is 18.5 Å². The maximum absolute atomic E-state index is 11.7. The molecule has 1 saturated heterocycles. The van der Waals surface area contributed by atoms with Crippen molar-refractivity contribution in [2.45, 2.75) is 0 Å². The molecule has 0 spiro atoms. The van der Waals surface area contributed by atoms with Crippen LogP contribution in [0.4, 0.5) is 4.79 Å². The summed E-state index contributed by atoms with van der Waals surface area (Å²) < 4.78 is 0. The molecule has 0 aromatic carbocycles. The summed E-state index contributed by atoms with van der Waals surface area (Å²) in [5.41, 5.74) is 0.211. The molecule has 4 amide bonds. The molecule has 1 aromatic rings. The van der Waals surface area contributed by atoms with Gasteiger partial charge in [0.05, 0.1) is 12.1 Å². The molecule has 15 heavy (non-hydrogen) atoms. The van der Waals surface area contributed by atoms with Gasteiger partial charge in [0.15, 0.2) is 0 Å². The van der Waals surface area contributed by atoms with Crippen molar-refractivity contribution in [3.63, 3.8) is 0 Å². The third-order valence-electron chi connectivity index (χ3n) is 1.95. The molecular formula is C9H7N3O3. The molecule has 0 saturated carbocycles. The minimum absolute atomic E-state index is 0.134. The van der Waals surface area contributed by atoms with Gasteiger partial charge < -0.3 is 5.32 Å². The van der Waals surface area contributed by atoms with Gasteiger partial charge in [-0.1, -0.05) is 0 Å². The summed E-state index contributed by atoms with van der Waals surface area (Å²) in [4.78, 5) is 38.3. The Hall–Kier alpha value is -2.24. The van der Waals surface area contributed by atoms with Gasteiger partial charge in [0.1, 0.15) is 0 Å². The fourth-order valence-corrected chi connectivity index (χ4v) is 1.25. The predicted octanol–water partition coefficient (Wildman–Crippen LogP) is -0.226. The van der Waals surface area contributed by atoms with Crippen LogP contribution in [0, 0.1) is 0 Å². The number of aromatic nitrogens is 1. The first kappa shape index (κ1) is 9.32. The smallest absolute Gasteiger partial charge is 0.328 e. The lowest BCUT2D eigenvalue weighted by Crippen LogP contribution is -2.36. The Kier molecular flexibility index (Phi) is 2.17. The Morgan fingerprint density at radius 3 is 2.80 bits per heavy atom. The Balaban J connectivity index is 2.29. The molecule has 0 radical (unpaired) electrons. The van der Waals surface area contributed by atoms with Crippen LogP contribution in [0.1, 0.15) is 10.4 Å². The van der Waals surface area contributed by atoms with Gasteiger partial charge in [-0.15, -0.1) is 0 Å². The fourth-order valence-electron chi connectivity index (χ4n) is 1.25. The number of imide groups is 3. The summed E-state index contributed by atoms with van der Waals surface area (Å²) in [6, 6.07) is 2.37. The van der Waals surface area contributed by atoms with E-state index in [0.717, 1.165) is 0 Å². The van der Waals surface area contributed by atoms with Gasteiger partial charge in [-0.2, -0.15) is 4.90 Å². The second kappa shape index (κ2) is 3.49.